The lowest BCUT2D eigenvalue weighted by Gasteiger charge is -2.12. The molecule has 1 aliphatic rings. The van der Waals surface area contributed by atoms with Gasteiger partial charge < -0.3 is 14.8 Å². The predicted octanol–water partition coefficient (Wildman–Crippen LogP) is 3.39. The molecule has 0 spiro atoms. The third-order valence-electron chi connectivity index (χ3n) is 3.51. The maximum absolute atomic E-state index is 5.71. The highest BCUT2D eigenvalue weighted by atomic mass is 16.5. The highest BCUT2D eigenvalue weighted by Crippen LogP contribution is 2.18. The smallest absolute Gasteiger partial charge is 0.119 e. The van der Waals surface area contributed by atoms with Crippen LogP contribution in [0.15, 0.2) is 24.3 Å². The van der Waals surface area contributed by atoms with Gasteiger partial charge in [0.2, 0.25) is 0 Å². The fourth-order valence-corrected chi connectivity index (χ4v) is 2.50. The van der Waals surface area contributed by atoms with Crippen molar-refractivity contribution in [2.24, 2.45) is 0 Å². The van der Waals surface area contributed by atoms with E-state index < -0.39 is 0 Å². The van der Waals surface area contributed by atoms with Gasteiger partial charge in [0.25, 0.3) is 0 Å². The van der Waals surface area contributed by atoms with Gasteiger partial charge >= 0.3 is 0 Å². The van der Waals surface area contributed by atoms with Crippen LogP contribution in [0.1, 0.15) is 39.0 Å². The summed E-state index contributed by atoms with van der Waals surface area (Å²) in [6, 6.07) is 8.60. The molecule has 0 unspecified atom stereocenters. The summed E-state index contributed by atoms with van der Waals surface area (Å²) < 4.78 is 11.1. The van der Waals surface area contributed by atoms with E-state index in [1.807, 2.05) is 31.2 Å². The monoisotopic (exact) mass is 263 g/mol. The Hall–Kier alpha value is -1.22. The molecule has 19 heavy (non-hydrogen) atoms. The molecule has 0 aliphatic heterocycles. The van der Waals surface area contributed by atoms with E-state index in [1.165, 1.54) is 25.7 Å². The molecule has 0 atom stereocenters. The van der Waals surface area contributed by atoms with Gasteiger partial charge in [0, 0.05) is 6.04 Å². The summed E-state index contributed by atoms with van der Waals surface area (Å²) in [7, 11) is 0. The van der Waals surface area contributed by atoms with Crippen molar-refractivity contribution < 1.29 is 9.47 Å². The molecule has 1 fully saturated rings. The number of hydrogen-bond acceptors (Lipinski definition) is 3. The molecule has 106 valence electrons. The Morgan fingerprint density at radius 1 is 1.05 bits per heavy atom. The first-order valence-corrected chi connectivity index (χ1v) is 7.47. The van der Waals surface area contributed by atoms with E-state index in [4.69, 9.17) is 9.47 Å². The molecule has 1 aliphatic carbocycles. The highest BCUT2D eigenvalue weighted by molar-refractivity contribution is 5.31. The van der Waals surface area contributed by atoms with Crippen molar-refractivity contribution in [3.63, 3.8) is 0 Å². The minimum atomic E-state index is 0.701. The van der Waals surface area contributed by atoms with E-state index in [9.17, 15) is 0 Å². The van der Waals surface area contributed by atoms with Crippen molar-refractivity contribution in [3.05, 3.63) is 24.3 Å². The molecular formula is C16H25NO2. The Morgan fingerprint density at radius 3 is 2.32 bits per heavy atom. The lowest BCUT2D eigenvalue weighted by Crippen LogP contribution is -2.27. The molecule has 0 saturated heterocycles. The minimum Gasteiger partial charge on any atom is -0.494 e. The molecule has 1 saturated carbocycles. The van der Waals surface area contributed by atoms with Crippen molar-refractivity contribution in [3.8, 4) is 11.5 Å². The van der Waals surface area contributed by atoms with Gasteiger partial charge in [-0.25, -0.2) is 0 Å². The maximum atomic E-state index is 5.71. The van der Waals surface area contributed by atoms with Gasteiger partial charge in [-0.05, 0) is 57.0 Å². The van der Waals surface area contributed by atoms with Crippen LogP contribution in [0.2, 0.25) is 0 Å². The third kappa shape index (κ3) is 5.11. The van der Waals surface area contributed by atoms with Crippen LogP contribution in [-0.2, 0) is 0 Å². The van der Waals surface area contributed by atoms with Crippen LogP contribution >= 0.6 is 0 Å². The highest BCUT2D eigenvalue weighted by Gasteiger charge is 2.13. The van der Waals surface area contributed by atoms with Crippen LogP contribution in [0.25, 0.3) is 0 Å². The van der Waals surface area contributed by atoms with Crippen LogP contribution in [0.4, 0.5) is 0 Å². The van der Waals surface area contributed by atoms with Crippen molar-refractivity contribution in [2.75, 3.05) is 19.8 Å². The minimum absolute atomic E-state index is 0.701. The molecule has 0 aromatic heterocycles. The summed E-state index contributed by atoms with van der Waals surface area (Å²) in [6.07, 6.45) is 6.53. The molecule has 0 radical (unpaired) electrons. The first-order valence-electron chi connectivity index (χ1n) is 7.47. The topological polar surface area (TPSA) is 30.5 Å². The first kappa shape index (κ1) is 14.2. The van der Waals surface area contributed by atoms with Gasteiger partial charge in [-0.1, -0.05) is 12.8 Å². The van der Waals surface area contributed by atoms with E-state index in [2.05, 4.69) is 5.32 Å². The van der Waals surface area contributed by atoms with E-state index >= 15 is 0 Å². The summed E-state index contributed by atoms with van der Waals surface area (Å²) in [5, 5.41) is 3.59. The van der Waals surface area contributed by atoms with Gasteiger partial charge in [-0.2, -0.15) is 0 Å². The summed E-state index contributed by atoms with van der Waals surface area (Å²) >= 11 is 0. The van der Waals surface area contributed by atoms with Gasteiger partial charge in [-0.3, -0.25) is 0 Å². The second kappa shape index (κ2) is 8.05. The standard InChI is InChI=1S/C16H25NO2/c1-2-18-15-8-10-16(11-9-15)19-13-5-12-17-14-6-3-4-7-14/h8-11,14,17H,2-7,12-13H2,1H3. The first-order chi connectivity index (χ1) is 9.38. The molecule has 1 aromatic rings. The third-order valence-corrected chi connectivity index (χ3v) is 3.51. The van der Waals surface area contributed by atoms with Gasteiger partial charge in [0.05, 0.1) is 13.2 Å². The Balaban J connectivity index is 1.57. The quantitative estimate of drug-likeness (QED) is 0.729. The molecule has 1 N–H and O–H groups in total. The Kier molecular flexibility index (Phi) is 6.02. The van der Waals surface area contributed by atoms with Gasteiger partial charge in [0.15, 0.2) is 0 Å². The molecular weight excluding hydrogens is 238 g/mol. The average molecular weight is 263 g/mol. The zero-order chi connectivity index (χ0) is 13.3. The number of nitrogens with one attached hydrogen (secondary N) is 1. The zero-order valence-corrected chi connectivity index (χ0v) is 11.9. The van der Waals surface area contributed by atoms with Crippen molar-refractivity contribution in [1.82, 2.24) is 5.32 Å². The predicted molar refractivity (Wildman–Crippen MR) is 78.0 cm³/mol. The van der Waals surface area contributed by atoms with E-state index in [1.54, 1.807) is 0 Å². The number of benzene rings is 1. The lowest BCUT2D eigenvalue weighted by molar-refractivity contribution is 0.303. The van der Waals surface area contributed by atoms with Gasteiger partial charge in [0.1, 0.15) is 11.5 Å². The summed E-state index contributed by atoms with van der Waals surface area (Å²) in [6.45, 7) is 4.52. The number of ether oxygens (including phenoxy) is 2. The molecule has 0 heterocycles. The fourth-order valence-electron chi connectivity index (χ4n) is 2.50. The van der Waals surface area contributed by atoms with Crippen LogP contribution in [0, 0.1) is 0 Å². The van der Waals surface area contributed by atoms with Crippen LogP contribution in [0.3, 0.4) is 0 Å². The Bertz CT molecular complexity index is 344. The van der Waals surface area contributed by atoms with Gasteiger partial charge in [-0.15, -0.1) is 0 Å². The lowest BCUT2D eigenvalue weighted by atomic mass is 10.2. The zero-order valence-electron chi connectivity index (χ0n) is 11.9. The van der Waals surface area contributed by atoms with Crippen molar-refractivity contribution in [2.45, 2.75) is 45.1 Å². The van der Waals surface area contributed by atoms with E-state index in [-0.39, 0.29) is 0 Å². The Labute approximate surface area is 116 Å². The van der Waals surface area contributed by atoms with Crippen molar-refractivity contribution >= 4 is 0 Å². The summed E-state index contributed by atoms with van der Waals surface area (Å²) in [4.78, 5) is 0. The number of rotatable bonds is 8. The Morgan fingerprint density at radius 2 is 1.68 bits per heavy atom. The fraction of sp³-hybridized carbons (Fsp3) is 0.625. The van der Waals surface area contributed by atoms with Crippen LogP contribution in [0.5, 0.6) is 11.5 Å². The summed E-state index contributed by atoms with van der Waals surface area (Å²) in [5.74, 6) is 1.82. The van der Waals surface area contributed by atoms with E-state index in [0.717, 1.165) is 37.1 Å². The van der Waals surface area contributed by atoms with Crippen molar-refractivity contribution in [1.29, 1.82) is 0 Å². The molecule has 2 rings (SSSR count). The second-order valence-electron chi connectivity index (χ2n) is 5.04. The molecule has 0 bridgehead atoms. The summed E-state index contributed by atoms with van der Waals surface area (Å²) in [5.41, 5.74) is 0. The number of hydrogen-bond donors (Lipinski definition) is 1. The molecule has 3 nitrogen and oxygen atoms in total. The second-order valence-corrected chi connectivity index (χ2v) is 5.04. The SMILES string of the molecule is CCOc1ccc(OCCCNC2CCCC2)cc1. The molecule has 0 amide bonds. The van der Waals surface area contributed by atoms with E-state index in [0.29, 0.717) is 6.61 Å². The molecule has 1 aromatic carbocycles. The maximum Gasteiger partial charge on any atom is 0.119 e. The largest absolute Gasteiger partial charge is 0.494 e. The average Bonchev–Trinajstić information content (AvgIpc) is 2.94. The van der Waals surface area contributed by atoms with Crippen LogP contribution < -0.4 is 14.8 Å². The van der Waals surface area contributed by atoms with Crippen LogP contribution in [-0.4, -0.2) is 25.8 Å². The molecule has 3 heteroatoms. The normalized spacial score (nSPS) is 15.6.